The van der Waals surface area contributed by atoms with E-state index >= 15 is 0 Å². The first-order valence-corrected chi connectivity index (χ1v) is 8.91. The molecule has 3 rings (SSSR count). The van der Waals surface area contributed by atoms with Crippen molar-refractivity contribution in [3.8, 4) is 0 Å². The molecule has 2 heterocycles. The number of carboxylic acid groups (broad SMARTS) is 1. The topological polar surface area (TPSA) is 131 Å². The summed E-state index contributed by atoms with van der Waals surface area (Å²) in [4.78, 5) is 35.7. The van der Waals surface area contributed by atoms with Gasteiger partial charge in [0.15, 0.2) is 11.4 Å². The fourth-order valence-electron chi connectivity index (χ4n) is 2.56. The molecule has 3 aromatic rings. The van der Waals surface area contributed by atoms with E-state index in [0.29, 0.717) is 23.6 Å². The summed E-state index contributed by atoms with van der Waals surface area (Å²) >= 11 is 0. The van der Waals surface area contributed by atoms with E-state index in [0.717, 1.165) is 0 Å². The molecule has 29 heavy (non-hydrogen) atoms. The number of benzene rings is 1. The number of nitrogens with zero attached hydrogens (tertiary/aromatic N) is 4. The molecule has 1 aromatic carbocycles. The SMILES string of the molecule is CCn1ccc(C(=O)Nc2cccc(NC(=O)C(C)n3ccc(C(=O)O)n3)c2)n1. The van der Waals surface area contributed by atoms with Gasteiger partial charge in [-0.1, -0.05) is 6.07 Å². The lowest BCUT2D eigenvalue weighted by molar-refractivity contribution is -0.119. The van der Waals surface area contributed by atoms with Crippen molar-refractivity contribution in [2.45, 2.75) is 26.4 Å². The Bertz CT molecular complexity index is 1050. The summed E-state index contributed by atoms with van der Waals surface area (Å²) in [5, 5.41) is 22.4. The van der Waals surface area contributed by atoms with E-state index in [1.807, 2.05) is 6.92 Å². The van der Waals surface area contributed by atoms with Crippen molar-refractivity contribution >= 4 is 29.2 Å². The molecule has 0 radical (unpaired) electrons. The Balaban J connectivity index is 1.66. The van der Waals surface area contributed by atoms with Gasteiger partial charge in [0.1, 0.15) is 6.04 Å². The van der Waals surface area contributed by atoms with Crippen LogP contribution in [0.2, 0.25) is 0 Å². The minimum absolute atomic E-state index is 0.139. The molecule has 2 aromatic heterocycles. The van der Waals surface area contributed by atoms with Crippen LogP contribution in [0.15, 0.2) is 48.8 Å². The van der Waals surface area contributed by atoms with Gasteiger partial charge < -0.3 is 15.7 Å². The molecule has 0 saturated carbocycles. The van der Waals surface area contributed by atoms with Crippen molar-refractivity contribution in [3.05, 3.63) is 60.2 Å². The van der Waals surface area contributed by atoms with Crippen molar-refractivity contribution in [2.24, 2.45) is 0 Å². The molecule has 0 aliphatic heterocycles. The molecule has 150 valence electrons. The smallest absolute Gasteiger partial charge is 0.356 e. The van der Waals surface area contributed by atoms with Crippen molar-refractivity contribution in [2.75, 3.05) is 10.6 Å². The van der Waals surface area contributed by atoms with Crippen LogP contribution in [0.1, 0.15) is 40.9 Å². The zero-order valence-electron chi connectivity index (χ0n) is 15.9. The van der Waals surface area contributed by atoms with Gasteiger partial charge in [0.2, 0.25) is 5.91 Å². The Morgan fingerprint density at radius 1 is 1.03 bits per heavy atom. The monoisotopic (exact) mass is 396 g/mol. The summed E-state index contributed by atoms with van der Waals surface area (Å²) in [6, 6.07) is 8.91. The number of anilines is 2. The lowest BCUT2D eigenvalue weighted by Crippen LogP contribution is -2.24. The number of nitrogens with one attached hydrogen (secondary N) is 2. The van der Waals surface area contributed by atoms with Crippen LogP contribution in [0.25, 0.3) is 0 Å². The van der Waals surface area contributed by atoms with Crippen LogP contribution >= 0.6 is 0 Å². The van der Waals surface area contributed by atoms with Crippen LogP contribution in [0.3, 0.4) is 0 Å². The van der Waals surface area contributed by atoms with Crippen molar-refractivity contribution < 1.29 is 19.5 Å². The van der Waals surface area contributed by atoms with Crippen molar-refractivity contribution in [1.29, 1.82) is 0 Å². The van der Waals surface area contributed by atoms with Crippen LogP contribution in [0.5, 0.6) is 0 Å². The summed E-state index contributed by atoms with van der Waals surface area (Å²) in [7, 11) is 0. The maximum atomic E-state index is 12.5. The second-order valence-electron chi connectivity index (χ2n) is 6.24. The first-order chi connectivity index (χ1) is 13.9. The molecule has 3 N–H and O–H groups in total. The average molecular weight is 396 g/mol. The maximum absolute atomic E-state index is 12.5. The number of hydrogen-bond acceptors (Lipinski definition) is 5. The van der Waals surface area contributed by atoms with Gasteiger partial charge in [-0.2, -0.15) is 10.2 Å². The highest BCUT2D eigenvalue weighted by Gasteiger charge is 2.18. The molecule has 0 fully saturated rings. The number of carbonyl (C=O) groups excluding carboxylic acids is 2. The van der Waals surface area contributed by atoms with Gasteiger partial charge in [0.25, 0.3) is 5.91 Å². The zero-order valence-corrected chi connectivity index (χ0v) is 15.9. The lowest BCUT2D eigenvalue weighted by atomic mass is 10.2. The average Bonchev–Trinajstić information content (AvgIpc) is 3.37. The number of rotatable bonds is 7. The molecule has 1 atom stereocenters. The number of aromatic nitrogens is 4. The van der Waals surface area contributed by atoms with E-state index in [9.17, 15) is 14.4 Å². The first-order valence-electron chi connectivity index (χ1n) is 8.91. The largest absolute Gasteiger partial charge is 0.476 e. The zero-order chi connectivity index (χ0) is 21.0. The molecule has 10 heteroatoms. The quantitative estimate of drug-likeness (QED) is 0.561. The number of carboxylic acids is 1. The van der Waals surface area contributed by atoms with Crippen LogP contribution in [0.4, 0.5) is 11.4 Å². The normalized spacial score (nSPS) is 11.7. The maximum Gasteiger partial charge on any atom is 0.356 e. The molecular weight excluding hydrogens is 376 g/mol. The standard InChI is InChI=1S/C19H20N6O4/c1-3-24-9-7-15(22-24)18(27)21-14-6-4-5-13(11-14)20-17(26)12(2)25-10-8-16(23-25)19(28)29/h4-12H,3H2,1-2H3,(H,20,26)(H,21,27)(H,28,29). The third-order valence-corrected chi connectivity index (χ3v) is 4.19. The Morgan fingerprint density at radius 2 is 1.72 bits per heavy atom. The first kappa shape index (κ1) is 19.8. The molecular formula is C19H20N6O4. The fraction of sp³-hybridized carbons (Fsp3) is 0.211. The molecule has 0 spiro atoms. The molecule has 2 amide bonds. The minimum Gasteiger partial charge on any atom is -0.476 e. The van der Waals surface area contributed by atoms with Crippen molar-refractivity contribution in [3.63, 3.8) is 0 Å². The molecule has 0 aliphatic carbocycles. The van der Waals surface area contributed by atoms with E-state index < -0.39 is 12.0 Å². The van der Waals surface area contributed by atoms with Gasteiger partial charge in [-0.15, -0.1) is 0 Å². The van der Waals surface area contributed by atoms with Gasteiger partial charge in [-0.3, -0.25) is 19.0 Å². The predicted octanol–water partition coefficient (Wildman–Crippen LogP) is 2.25. The van der Waals surface area contributed by atoms with Crippen LogP contribution < -0.4 is 10.6 Å². The van der Waals surface area contributed by atoms with E-state index in [1.165, 1.54) is 16.9 Å². The summed E-state index contributed by atoms with van der Waals surface area (Å²) in [5.74, 6) is -1.90. The summed E-state index contributed by atoms with van der Waals surface area (Å²) in [6.07, 6.45) is 3.15. The number of amides is 2. The summed E-state index contributed by atoms with van der Waals surface area (Å²) in [6.45, 7) is 4.19. The molecule has 10 nitrogen and oxygen atoms in total. The Hall–Kier alpha value is -3.95. The van der Waals surface area contributed by atoms with E-state index in [2.05, 4.69) is 20.8 Å². The number of carbonyl (C=O) groups is 3. The Labute approximate surface area is 166 Å². The third kappa shape index (κ3) is 4.67. The van der Waals surface area contributed by atoms with Crippen LogP contribution in [-0.4, -0.2) is 42.5 Å². The van der Waals surface area contributed by atoms with Gasteiger partial charge in [-0.25, -0.2) is 4.79 Å². The van der Waals surface area contributed by atoms with Gasteiger partial charge in [0.05, 0.1) is 0 Å². The Kier molecular flexibility index (Phi) is 5.72. The lowest BCUT2D eigenvalue weighted by Gasteiger charge is -2.13. The van der Waals surface area contributed by atoms with Gasteiger partial charge >= 0.3 is 5.97 Å². The highest BCUT2D eigenvalue weighted by atomic mass is 16.4. The fourth-order valence-corrected chi connectivity index (χ4v) is 2.56. The predicted molar refractivity (Wildman–Crippen MR) is 105 cm³/mol. The number of hydrogen-bond donors (Lipinski definition) is 3. The van der Waals surface area contributed by atoms with E-state index in [1.54, 1.807) is 48.1 Å². The van der Waals surface area contributed by atoms with Gasteiger partial charge in [-0.05, 0) is 44.2 Å². The molecule has 1 unspecified atom stereocenters. The summed E-state index contributed by atoms with van der Waals surface area (Å²) in [5.41, 5.74) is 1.13. The second kappa shape index (κ2) is 8.38. The second-order valence-corrected chi connectivity index (χ2v) is 6.24. The minimum atomic E-state index is -1.16. The summed E-state index contributed by atoms with van der Waals surface area (Å²) < 4.78 is 2.92. The highest BCUT2D eigenvalue weighted by Crippen LogP contribution is 2.18. The van der Waals surface area contributed by atoms with E-state index in [-0.39, 0.29) is 17.5 Å². The van der Waals surface area contributed by atoms with Crippen LogP contribution in [0, 0.1) is 0 Å². The number of aryl methyl sites for hydroxylation is 1. The van der Waals surface area contributed by atoms with Gasteiger partial charge in [0, 0.05) is 30.3 Å². The van der Waals surface area contributed by atoms with E-state index in [4.69, 9.17) is 5.11 Å². The molecule has 0 bridgehead atoms. The molecule has 0 aliphatic rings. The van der Waals surface area contributed by atoms with Crippen molar-refractivity contribution in [1.82, 2.24) is 19.6 Å². The number of aromatic carboxylic acids is 1. The Morgan fingerprint density at radius 3 is 2.34 bits per heavy atom. The highest BCUT2D eigenvalue weighted by molar-refractivity contribution is 6.03. The van der Waals surface area contributed by atoms with Crippen LogP contribution in [-0.2, 0) is 11.3 Å². The molecule has 0 saturated heterocycles. The third-order valence-electron chi connectivity index (χ3n) is 4.19.